The predicted octanol–water partition coefficient (Wildman–Crippen LogP) is 1.15. The fraction of sp³-hybridized carbons (Fsp3) is 0.385. The van der Waals surface area contributed by atoms with E-state index in [2.05, 4.69) is 37.3 Å². The van der Waals surface area contributed by atoms with E-state index in [0.29, 0.717) is 5.82 Å². The maximum Gasteiger partial charge on any atom is 0.290 e. The Labute approximate surface area is 115 Å². The molecule has 0 amide bonds. The van der Waals surface area contributed by atoms with Crippen LogP contribution >= 0.6 is 11.3 Å². The summed E-state index contributed by atoms with van der Waals surface area (Å²) in [5.74, 6) is 0.540. The van der Waals surface area contributed by atoms with Crippen LogP contribution in [-0.2, 0) is 6.54 Å². The highest BCUT2D eigenvalue weighted by atomic mass is 32.1. The average Bonchev–Trinajstić information content (AvgIpc) is 2.93. The minimum atomic E-state index is -0.103. The number of thiophene rings is 1. The second kappa shape index (κ2) is 5.54. The maximum atomic E-state index is 11.7. The van der Waals surface area contributed by atoms with Crippen LogP contribution in [-0.4, -0.2) is 41.0 Å². The molecule has 3 heterocycles. The van der Waals surface area contributed by atoms with Gasteiger partial charge in [0.1, 0.15) is 0 Å². The number of nitrogens with one attached hydrogen (secondary N) is 1. The average molecular weight is 276 g/mol. The number of piperazine rings is 1. The molecule has 0 radical (unpaired) electrons. The smallest absolute Gasteiger partial charge is 0.290 e. The minimum Gasteiger partial charge on any atom is -0.349 e. The Balaban J connectivity index is 1.61. The van der Waals surface area contributed by atoms with E-state index in [9.17, 15) is 4.79 Å². The van der Waals surface area contributed by atoms with Crippen LogP contribution in [0.3, 0.4) is 0 Å². The molecule has 1 N–H and O–H groups in total. The molecule has 0 saturated carbocycles. The van der Waals surface area contributed by atoms with Crippen LogP contribution in [0.15, 0.2) is 34.7 Å². The van der Waals surface area contributed by atoms with Crippen molar-refractivity contribution >= 4 is 17.2 Å². The van der Waals surface area contributed by atoms with Crippen molar-refractivity contribution in [2.75, 3.05) is 31.1 Å². The van der Waals surface area contributed by atoms with Crippen molar-refractivity contribution in [1.29, 1.82) is 0 Å². The van der Waals surface area contributed by atoms with E-state index in [4.69, 9.17) is 0 Å². The summed E-state index contributed by atoms with van der Waals surface area (Å²) in [6.07, 6.45) is 3.20. The van der Waals surface area contributed by atoms with Crippen molar-refractivity contribution in [2.45, 2.75) is 6.54 Å². The largest absolute Gasteiger partial charge is 0.349 e. The van der Waals surface area contributed by atoms with Gasteiger partial charge in [0.25, 0.3) is 5.56 Å². The number of hydrogen-bond acceptors (Lipinski definition) is 5. The van der Waals surface area contributed by atoms with Gasteiger partial charge in [-0.3, -0.25) is 9.69 Å². The van der Waals surface area contributed by atoms with Gasteiger partial charge in [0, 0.05) is 50.0 Å². The van der Waals surface area contributed by atoms with E-state index in [1.807, 2.05) is 0 Å². The highest BCUT2D eigenvalue weighted by Crippen LogP contribution is 2.14. The van der Waals surface area contributed by atoms with E-state index in [0.717, 1.165) is 32.7 Å². The van der Waals surface area contributed by atoms with Gasteiger partial charge in [0.05, 0.1) is 0 Å². The fourth-order valence-electron chi connectivity index (χ4n) is 2.31. The molecule has 1 aliphatic rings. The molecule has 1 aliphatic heterocycles. The minimum absolute atomic E-state index is 0.103. The lowest BCUT2D eigenvalue weighted by Crippen LogP contribution is -2.47. The third kappa shape index (κ3) is 2.85. The van der Waals surface area contributed by atoms with Gasteiger partial charge < -0.3 is 9.88 Å². The van der Waals surface area contributed by atoms with E-state index in [1.165, 1.54) is 4.88 Å². The summed E-state index contributed by atoms with van der Waals surface area (Å²) >= 11 is 1.79. The van der Waals surface area contributed by atoms with Crippen LogP contribution in [0.4, 0.5) is 5.82 Å². The number of aromatic nitrogens is 2. The highest BCUT2D eigenvalue weighted by Gasteiger charge is 2.19. The third-order valence-corrected chi connectivity index (χ3v) is 4.18. The van der Waals surface area contributed by atoms with Crippen LogP contribution in [0.2, 0.25) is 0 Å². The standard InChI is InChI=1S/C13H16N4OS/c18-13-12(14-3-4-15-13)17-7-5-16(6-8-17)10-11-2-1-9-19-11/h1-4,9H,5-8,10H2,(H,15,18). The van der Waals surface area contributed by atoms with Crippen LogP contribution in [0.25, 0.3) is 0 Å². The molecular weight excluding hydrogens is 260 g/mol. The first-order valence-electron chi connectivity index (χ1n) is 6.36. The van der Waals surface area contributed by atoms with Crippen molar-refractivity contribution in [3.05, 3.63) is 45.1 Å². The molecule has 0 spiro atoms. The zero-order chi connectivity index (χ0) is 13.1. The second-order valence-electron chi connectivity index (χ2n) is 4.58. The molecular formula is C13H16N4OS. The number of rotatable bonds is 3. The SMILES string of the molecule is O=c1[nH]ccnc1N1CCN(Cc2cccs2)CC1. The molecule has 1 saturated heterocycles. The zero-order valence-electron chi connectivity index (χ0n) is 10.6. The van der Waals surface area contributed by atoms with Gasteiger partial charge in [-0.2, -0.15) is 0 Å². The predicted molar refractivity (Wildman–Crippen MR) is 76.7 cm³/mol. The van der Waals surface area contributed by atoms with Crippen molar-refractivity contribution < 1.29 is 0 Å². The van der Waals surface area contributed by atoms with E-state index in [-0.39, 0.29) is 5.56 Å². The number of anilines is 1. The van der Waals surface area contributed by atoms with Gasteiger partial charge in [-0.05, 0) is 11.4 Å². The summed E-state index contributed by atoms with van der Waals surface area (Å²) in [5, 5.41) is 2.11. The van der Waals surface area contributed by atoms with Gasteiger partial charge in [-0.15, -0.1) is 11.3 Å². The first-order chi connectivity index (χ1) is 9.33. The van der Waals surface area contributed by atoms with E-state index in [1.54, 1.807) is 23.7 Å². The summed E-state index contributed by atoms with van der Waals surface area (Å²) in [7, 11) is 0. The van der Waals surface area contributed by atoms with Gasteiger partial charge in [-0.1, -0.05) is 6.07 Å². The normalized spacial score (nSPS) is 16.7. The molecule has 6 heteroatoms. The Kier molecular flexibility index (Phi) is 3.61. The Hall–Kier alpha value is -1.66. The number of nitrogens with zero attached hydrogens (tertiary/aromatic N) is 3. The molecule has 3 rings (SSSR count). The van der Waals surface area contributed by atoms with Gasteiger partial charge in [0.2, 0.25) is 0 Å². The van der Waals surface area contributed by atoms with Gasteiger partial charge >= 0.3 is 0 Å². The Morgan fingerprint density at radius 2 is 2.16 bits per heavy atom. The molecule has 0 aromatic carbocycles. The summed E-state index contributed by atoms with van der Waals surface area (Å²) in [6, 6.07) is 4.25. The number of aromatic amines is 1. The first-order valence-corrected chi connectivity index (χ1v) is 7.24. The van der Waals surface area contributed by atoms with Crippen molar-refractivity contribution in [2.24, 2.45) is 0 Å². The van der Waals surface area contributed by atoms with Gasteiger partial charge in [0.15, 0.2) is 5.82 Å². The zero-order valence-corrected chi connectivity index (χ0v) is 11.4. The van der Waals surface area contributed by atoms with Crippen LogP contribution < -0.4 is 10.5 Å². The fourth-order valence-corrected chi connectivity index (χ4v) is 3.06. The molecule has 19 heavy (non-hydrogen) atoms. The molecule has 2 aromatic heterocycles. The van der Waals surface area contributed by atoms with E-state index < -0.39 is 0 Å². The lowest BCUT2D eigenvalue weighted by Gasteiger charge is -2.34. The second-order valence-corrected chi connectivity index (χ2v) is 5.62. The molecule has 5 nitrogen and oxygen atoms in total. The first kappa shape index (κ1) is 12.4. The molecule has 0 atom stereocenters. The summed E-state index contributed by atoms with van der Waals surface area (Å²) in [4.78, 5) is 24.4. The monoisotopic (exact) mass is 276 g/mol. The van der Waals surface area contributed by atoms with Crippen LogP contribution in [0.5, 0.6) is 0 Å². The molecule has 100 valence electrons. The molecule has 0 bridgehead atoms. The van der Waals surface area contributed by atoms with Crippen molar-refractivity contribution in [3.8, 4) is 0 Å². The summed E-state index contributed by atoms with van der Waals surface area (Å²) in [6.45, 7) is 4.64. The lowest BCUT2D eigenvalue weighted by atomic mass is 10.3. The Bertz CT molecular complexity index is 572. The molecule has 1 fully saturated rings. The van der Waals surface area contributed by atoms with E-state index >= 15 is 0 Å². The maximum absolute atomic E-state index is 11.7. The molecule has 0 unspecified atom stereocenters. The lowest BCUT2D eigenvalue weighted by molar-refractivity contribution is 0.251. The molecule has 2 aromatic rings. The van der Waals surface area contributed by atoms with Crippen molar-refractivity contribution in [1.82, 2.24) is 14.9 Å². The van der Waals surface area contributed by atoms with Gasteiger partial charge in [-0.25, -0.2) is 4.98 Å². The van der Waals surface area contributed by atoms with Crippen LogP contribution in [0.1, 0.15) is 4.88 Å². The highest BCUT2D eigenvalue weighted by molar-refractivity contribution is 7.09. The third-order valence-electron chi connectivity index (χ3n) is 3.32. The quantitative estimate of drug-likeness (QED) is 0.914. The van der Waals surface area contributed by atoms with Crippen LogP contribution in [0, 0.1) is 0 Å². The number of H-pyrrole nitrogens is 1. The topological polar surface area (TPSA) is 52.2 Å². The molecule has 0 aliphatic carbocycles. The number of hydrogen-bond donors (Lipinski definition) is 1. The summed E-state index contributed by atoms with van der Waals surface area (Å²) in [5.41, 5.74) is -0.103. The van der Waals surface area contributed by atoms with Crippen molar-refractivity contribution in [3.63, 3.8) is 0 Å². The Morgan fingerprint density at radius 3 is 2.84 bits per heavy atom. The summed E-state index contributed by atoms with van der Waals surface area (Å²) < 4.78 is 0. The Morgan fingerprint density at radius 1 is 1.32 bits per heavy atom.